The third-order valence-electron chi connectivity index (χ3n) is 5.68. The second-order valence-electron chi connectivity index (χ2n) is 7.79. The van der Waals surface area contributed by atoms with Crippen molar-refractivity contribution in [3.8, 4) is 0 Å². The van der Waals surface area contributed by atoms with E-state index in [2.05, 4.69) is 15.6 Å². The Morgan fingerprint density at radius 2 is 1.88 bits per heavy atom. The quantitative estimate of drug-likeness (QED) is 0.447. The fraction of sp³-hybridized carbons (Fsp3) is 0.125. The van der Waals surface area contributed by atoms with Crippen molar-refractivity contribution in [1.82, 2.24) is 14.7 Å². The number of benzene rings is 2. The minimum atomic E-state index is -0.772. The Hall–Kier alpha value is -4.11. The molecule has 2 atom stereocenters. The van der Waals surface area contributed by atoms with Crippen molar-refractivity contribution in [2.45, 2.75) is 18.6 Å². The lowest BCUT2D eigenvalue weighted by molar-refractivity contribution is 0.0857. The van der Waals surface area contributed by atoms with Gasteiger partial charge in [0.05, 0.1) is 24.0 Å². The van der Waals surface area contributed by atoms with E-state index in [1.807, 2.05) is 24.3 Å². The molecule has 5 rings (SSSR count). The number of amides is 2. The molecule has 0 aliphatic heterocycles. The van der Waals surface area contributed by atoms with Crippen LogP contribution in [0, 0.1) is 11.6 Å². The van der Waals surface area contributed by atoms with Crippen LogP contribution in [0.25, 0.3) is 5.65 Å². The van der Waals surface area contributed by atoms with Gasteiger partial charge in [-0.2, -0.15) is 0 Å². The molecule has 7 nitrogen and oxygen atoms in total. The van der Waals surface area contributed by atoms with E-state index in [1.165, 1.54) is 35.0 Å². The number of nitrogens with one attached hydrogen (secondary N) is 2. The van der Waals surface area contributed by atoms with Gasteiger partial charge in [-0.15, -0.1) is 0 Å². The average molecular weight is 448 g/mol. The van der Waals surface area contributed by atoms with Crippen LogP contribution in [0.3, 0.4) is 0 Å². The molecule has 2 aromatic heterocycles. The van der Waals surface area contributed by atoms with Crippen molar-refractivity contribution >= 4 is 23.1 Å². The number of fused-ring (bicyclic) bond motifs is 2. The predicted octanol–water partition coefficient (Wildman–Crippen LogP) is 3.25. The van der Waals surface area contributed by atoms with Crippen molar-refractivity contribution in [2.24, 2.45) is 0 Å². The zero-order valence-electron chi connectivity index (χ0n) is 17.1. The van der Waals surface area contributed by atoms with Gasteiger partial charge in [0.1, 0.15) is 23.0 Å². The Morgan fingerprint density at radius 3 is 2.73 bits per heavy atom. The molecule has 0 saturated heterocycles. The number of hydrogen-bond acceptors (Lipinski definition) is 4. The van der Waals surface area contributed by atoms with Crippen LogP contribution in [0.5, 0.6) is 0 Å². The summed E-state index contributed by atoms with van der Waals surface area (Å²) in [6.45, 7) is 0. The summed E-state index contributed by atoms with van der Waals surface area (Å²) in [7, 11) is 0. The lowest BCUT2D eigenvalue weighted by Gasteiger charge is -2.18. The standard InChI is InChI=1S/C24H18F2N4O3/c25-15-7-8-30-19(12-27-21(30)11-15)24(33)28-18-9-14(5-6-17(18)26)23(32)29-22-16-4-2-1-3-13(16)10-20(22)31/h1-9,11-12,20,22,31H,10H2,(H,28,33)(H,29,32)/t20-,22+/m1/s1. The van der Waals surface area contributed by atoms with Gasteiger partial charge in [0.25, 0.3) is 11.8 Å². The highest BCUT2D eigenvalue weighted by Gasteiger charge is 2.32. The molecular formula is C24H18F2N4O3. The molecule has 9 heteroatoms. The number of anilines is 1. The zero-order valence-corrected chi connectivity index (χ0v) is 17.1. The topological polar surface area (TPSA) is 95.7 Å². The van der Waals surface area contributed by atoms with Crippen molar-refractivity contribution in [2.75, 3.05) is 5.32 Å². The van der Waals surface area contributed by atoms with Crippen LogP contribution >= 0.6 is 0 Å². The number of rotatable bonds is 4. The Morgan fingerprint density at radius 1 is 1.06 bits per heavy atom. The molecule has 0 fully saturated rings. The van der Waals surface area contributed by atoms with E-state index in [9.17, 15) is 23.5 Å². The van der Waals surface area contributed by atoms with Gasteiger partial charge < -0.3 is 15.7 Å². The van der Waals surface area contributed by atoms with Crippen LogP contribution in [0.4, 0.5) is 14.5 Å². The summed E-state index contributed by atoms with van der Waals surface area (Å²) in [4.78, 5) is 29.5. The van der Waals surface area contributed by atoms with Gasteiger partial charge in [-0.1, -0.05) is 24.3 Å². The molecule has 1 aliphatic carbocycles. The number of nitrogens with zero attached hydrogens (tertiary/aromatic N) is 2. The Balaban J connectivity index is 1.37. The summed E-state index contributed by atoms with van der Waals surface area (Å²) in [6, 6.07) is 12.8. The number of aliphatic hydroxyl groups is 1. The number of pyridine rings is 1. The normalized spacial score (nSPS) is 17.1. The molecule has 0 unspecified atom stereocenters. The van der Waals surface area contributed by atoms with Gasteiger partial charge in [0.15, 0.2) is 0 Å². The van der Waals surface area contributed by atoms with E-state index < -0.39 is 35.6 Å². The van der Waals surface area contributed by atoms with Crippen LogP contribution in [0.15, 0.2) is 67.0 Å². The van der Waals surface area contributed by atoms with E-state index in [0.29, 0.717) is 6.42 Å². The zero-order chi connectivity index (χ0) is 23.1. The highest BCUT2D eigenvalue weighted by atomic mass is 19.1. The maximum atomic E-state index is 14.4. The Labute approximate surface area is 186 Å². The number of imidazole rings is 1. The van der Waals surface area contributed by atoms with E-state index in [0.717, 1.165) is 23.3 Å². The fourth-order valence-corrected chi connectivity index (χ4v) is 4.04. The van der Waals surface area contributed by atoms with Gasteiger partial charge in [-0.25, -0.2) is 13.8 Å². The van der Waals surface area contributed by atoms with Gasteiger partial charge in [-0.3, -0.25) is 14.0 Å². The van der Waals surface area contributed by atoms with E-state index in [4.69, 9.17) is 0 Å². The summed E-state index contributed by atoms with van der Waals surface area (Å²) >= 11 is 0. The molecule has 2 amide bonds. The first-order valence-corrected chi connectivity index (χ1v) is 10.2. The van der Waals surface area contributed by atoms with Gasteiger partial charge in [0, 0.05) is 24.2 Å². The monoisotopic (exact) mass is 448 g/mol. The lowest BCUT2D eigenvalue weighted by atomic mass is 10.1. The van der Waals surface area contributed by atoms with E-state index in [-0.39, 0.29) is 22.6 Å². The van der Waals surface area contributed by atoms with Crippen molar-refractivity contribution in [1.29, 1.82) is 0 Å². The molecule has 2 heterocycles. The number of hydrogen-bond donors (Lipinski definition) is 3. The van der Waals surface area contributed by atoms with Gasteiger partial charge >= 0.3 is 0 Å². The second kappa shape index (κ2) is 8.10. The van der Waals surface area contributed by atoms with E-state index >= 15 is 0 Å². The first-order chi connectivity index (χ1) is 15.9. The molecule has 0 bridgehead atoms. The molecule has 2 aromatic carbocycles. The largest absolute Gasteiger partial charge is 0.390 e. The minimum Gasteiger partial charge on any atom is -0.390 e. The maximum Gasteiger partial charge on any atom is 0.274 e. The Kier molecular flexibility index (Phi) is 5.10. The summed E-state index contributed by atoms with van der Waals surface area (Å²) in [5, 5.41) is 15.6. The predicted molar refractivity (Wildman–Crippen MR) is 116 cm³/mol. The maximum absolute atomic E-state index is 14.4. The molecular weight excluding hydrogens is 430 g/mol. The molecule has 33 heavy (non-hydrogen) atoms. The van der Waals surface area contributed by atoms with Gasteiger partial charge in [0.2, 0.25) is 0 Å². The van der Waals surface area contributed by atoms with Crippen LogP contribution in [-0.2, 0) is 6.42 Å². The molecule has 1 aliphatic rings. The molecule has 0 spiro atoms. The summed E-state index contributed by atoms with van der Waals surface area (Å²) in [5.41, 5.74) is 2.00. The number of aliphatic hydroxyl groups excluding tert-OH is 1. The second-order valence-corrected chi connectivity index (χ2v) is 7.79. The highest BCUT2D eigenvalue weighted by Crippen LogP contribution is 2.31. The highest BCUT2D eigenvalue weighted by molar-refractivity contribution is 6.04. The number of halogens is 2. The Bertz CT molecular complexity index is 1400. The SMILES string of the molecule is O=C(N[C@H]1c2ccccc2C[C@H]1O)c1ccc(F)c(NC(=O)c2cnc3cc(F)ccn23)c1. The molecule has 166 valence electrons. The fourth-order valence-electron chi connectivity index (χ4n) is 4.04. The van der Waals surface area contributed by atoms with Crippen molar-refractivity contribution in [3.05, 3.63) is 101 Å². The van der Waals surface area contributed by atoms with Crippen LogP contribution in [0.2, 0.25) is 0 Å². The molecule has 0 radical (unpaired) electrons. The summed E-state index contributed by atoms with van der Waals surface area (Å²) in [6.07, 6.45) is 2.25. The number of carbonyl (C=O) groups is 2. The summed E-state index contributed by atoms with van der Waals surface area (Å²) < 4.78 is 29.1. The lowest BCUT2D eigenvalue weighted by Crippen LogP contribution is -2.34. The van der Waals surface area contributed by atoms with E-state index in [1.54, 1.807) is 0 Å². The third-order valence-corrected chi connectivity index (χ3v) is 5.68. The molecule has 3 N–H and O–H groups in total. The van der Waals surface area contributed by atoms with Crippen LogP contribution in [0.1, 0.15) is 38.0 Å². The van der Waals surface area contributed by atoms with Crippen molar-refractivity contribution < 1.29 is 23.5 Å². The number of carbonyl (C=O) groups excluding carboxylic acids is 2. The smallest absolute Gasteiger partial charge is 0.274 e. The average Bonchev–Trinajstić information content (AvgIpc) is 3.35. The first-order valence-electron chi connectivity index (χ1n) is 10.2. The molecule has 0 saturated carbocycles. The van der Waals surface area contributed by atoms with Crippen LogP contribution < -0.4 is 10.6 Å². The molecule has 4 aromatic rings. The van der Waals surface area contributed by atoms with Crippen LogP contribution in [-0.4, -0.2) is 32.4 Å². The first kappa shape index (κ1) is 20.8. The third kappa shape index (κ3) is 3.83. The summed E-state index contributed by atoms with van der Waals surface area (Å²) in [5.74, 6) is -2.42. The number of aromatic nitrogens is 2. The minimum absolute atomic E-state index is 0.0740. The van der Waals surface area contributed by atoms with Crippen molar-refractivity contribution in [3.63, 3.8) is 0 Å². The van der Waals surface area contributed by atoms with Gasteiger partial charge in [-0.05, 0) is 35.4 Å².